The molecule has 1 fully saturated rings. The quantitative estimate of drug-likeness (QED) is 0.569. The number of aryl methyl sites for hydroxylation is 2. The highest BCUT2D eigenvalue weighted by molar-refractivity contribution is 7.99. The van der Waals surface area contributed by atoms with Gasteiger partial charge in [0.15, 0.2) is 0 Å². The summed E-state index contributed by atoms with van der Waals surface area (Å²) in [6.07, 6.45) is 1.28. The van der Waals surface area contributed by atoms with Crippen molar-refractivity contribution in [1.29, 1.82) is 0 Å². The molecule has 0 aliphatic carbocycles. The maximum atomic E-state index is 12.5. The number of carbonyl (C=O) groups excluding carboxylic acids is 2. The summed E-state index contributed by atoms with van der Waals surface area (Å²) in [5, 5.41) is 12.4. The molecule has 0 spiro atoms. The van der Waals surface area contributed by atoms with Crippen molar-refractivity contribution in [1.82, 2.24) is 25.1 Å². The molecule has 1 aliphatic rings. The molecule has 8 nitrogen and oxygen atoms in total. The Bertz CT molecular complexity index is 830. The molecule has 144 valence electrons. The lowest BCUT2D eigenvalue weighted by atomic mass is 9.97. The van der Waals surface area contributed by atoms with Crippen molar-refractivity contribution < 1.29 is 14.3 Å². The maximum absolute atomic E-state index is 12.5. The van der Waals surface area contributed by atoms with Gasteiger partial charge in [-0.25, -0.2) is 0 Å². The number of hydrogen-bond acceptors (Lipinski definition) is 7. The van der Waals surface area contributed by atoms with E-state index in [0.29, 0.717) is 31.1 Å². The van der Waals surface area contributed by atoms with Gasteiger partial charge in [-0.15, -0.1) is 5.10 Å². The summed E-state index contributed by atoms with van der Waals surface area (Å²) in [5.41, 5.74) is 3.23. The number of methoxy groups -OCH3 is 1. The molecule has 0 unspecified atom stereocenters. The summed E-state index contributed by atoms with van der Waals surface area (Å²) in [5.74, 6) is -0.0144. The van der Waals surface area contributed by atoms with Gasteiger partial charge in [0.25, 0.3) is 0 Å². The number of thioether (sulfide) groups is 1. The van der Waals surface area contributed by atoms with Crippen molar-refractivity contribution in [3.63, 3.8) is 0 Å². The second kappa shape index (κ2) is 8.51. The van der Waals surface area contributed by atoms with Gasteiger partial charge in [0.1, 0.15) is 0 Å². The maximum Gasteiger partial charge on any atom is 0.308 e. The van der Waals surface area contributed by atoms with E-state index < -0.39 is 0 Å². The molecule has 1 aliphatic heterocycles. The van der Waals surface area contributed by atoms with E-state index in [2.05, 4.69) is 22.4 Å². The molecule has 27 heavy (non-hydrogen) atoms. The number of aromatic nitrogens is 4. The molecule has 1 aromatic heterocycles. The fraction of sp³-hybridized carbons (Fsp3) is 0.500. The predicted molar refractivity (Wildman–Crippen MR) is 101 cm³/mol. The Hall–Kier alpha value is -2.42. The van der Waals surface area contributed by atoms with E-state index in [4.69, 9.17) is 4.74 Å². The van der Waals surface area contributed by atoms with Gasteiger partial charge in [-0.05, 0) is 60.4 Å². The van der Waals surface area contributed by atoms with Crippen molar-refractivity contribution in [2.24, 2.45) is 5.92 Å². The Morgan fingerprint density at radius 2 is 1.96 bits per heavy atom. The molecule has 1 aromatic carbocycles. The largest absolute Gasteiger partial charge is 0.469 e. The Labute approximate surface area is 162 Å². The van der Waals surface area contributed by atoms with Crippen molar-refractivity contribution in [3.05, 3.63) is 29.3 Å². The fourth-order valence-electron chi connectivity index (χ4n) is 3.04. The average molecular weight is 389 g/mol. The van der Waals surface area contributed by atoms with Crippen LogP contribution < -0.4 is 0 Å². The third-order valence-electron chi connectivity index (χ3n) is 4.88. The molecule has 1 saturated heterocycles. The van der Waals surface area contributed by atoms with Crippen molar-refractivity contribution in [2.45, 2.75) is 31.8 Å². The lowest BCUT2D eigenvalue weighted by molar-refractivity contribution is -0.148. The van der Waals surface area contributed by atoms with Gasteiger partial charge in [0, 0.05) is 13.1 Å². The average Bonchev–Trinajstić information content (AvgIpc) is 3.16. The SMILES string of the molecule is COC(=O)C1CCN(C(=O)CSc2nnnn2-c2ccc(C)c(C)c2)CC1. The number of nitrogens with zero attached hydrogens (tertiary/aromatic N) is 5. The lowest BCUT2D eigenvalue weighted by Gasteiger charge is -2.30. The van der Waals surface area contributed by atoms with Crippen molar-refractivity contribution in [2.75, 3.05) is 26.0 Å². The van der Waals surface area contributed by atoms with Crippen LogP contribution >= 0.6 is 11.8 Å². The molecular formula is C18H23N5O3S. The Morgan fingerprint density at radius 3 is 2.63 bits per heavy atom. The van der Waals surface area contributed by atoms with E-state index in [0.717, 1.165) is 11.3 Å². The third kappa shape index (κ3) is 4.47. The van der Waals surface area contributed by atoms with E-state index in [1.165, 1.54) is 24.4 Å². The van der Waals surface area contributed by atoms with Crippen LogP contribution in [-0.2, 0) is 14.3 Å². The number of likely N-dealkylation sites (tertiary alicyclic amines) is 1. The standard InChI is InChI=1S/C18H23N5O3S/c1-12-4-5-15(10-13(12)2)23-18(19-20-21-23)27-11-16(24)22-8-6-14(7-9-22)17(25)26-3/h4-5,10,14H,6-9,11H2,1-3H3. The normalized spacial score (nSPS) is 15.0. The van der Waals surface area contributed by atoms with Gasteiger partial charge in [-0.3, -0.25) is 9.59 Å². The first-order chi connectivity index (χ1) is 13.0. The topological polar surface area (TPSA) is 90.2 Å². The number of hydrogen-bond donors (Lipinski definition) is 0. The molecular weight excluding hydrogens is 366 g/mol. The van der Waals surface area contributed by atoms with Crippen LogP contribution in [-0.4, -0.2) is 62.9 Å². The molecule has 3 rings (SSSR count). The monoisotopic (exact) mass is 389 g/mol. The molecule has 0 bridgehead atoms. The zero-order valence-electron chi connectivity index (χ0n) is 15.7. The Morgan fingerprint density at radius 1 is 1.22 bits per heavy atom. The first kappa shape index (κ1) is 19.3. The molecule has 2 aromatic rings. The number of carbonyl (C=O) groups is 2. The smallest absolute Gasteiger partial charge is 0.308 e. The Kier molecular flexibility index (Phi) is 6.10. The minimum Gasteiger partial charge on any atom is -0.469 e. The van der Waals surface area contributed by atoms with Crippen LogP contribution in [0.5, 0.6) is 0 Å². The van der Waals surface area contributed by atoms with E-state index in [9.17, 15) is 9.59 Å². The van der Waals surface area contributed by atoms with Gasteiger partial charge in [-0.2, -0.15) is 4.68 Å². The highest BCUT2D eigenvalue weighted by Crippen LogP contribution is 2.23. The number of benzene rings is 1. The first-order valence-corrected chi connectivity index (χ1v) is 9.82. The summed E-state index contributed by atoms with van der Waals surface area (Å²) in [6, 6.07) is 6.01. The minimum atomic E-state index is -0.191. The first-order valence-electron chi connectivity index (χ1n) is 8.84. The number of ether oxygens (including phenoxy) is 1. The van der Waals surface area contributed by atoms with Crippen molar-refractivity contribution in [3.8, 4) is 5.69 Å². The number of piperidine rings is 1. The van der Waals surface area contributed by atoms with Crippen molar-refractivity contribution >= 4 is 23.6 Å². The Balaban J connectivity index is 1.58. The van der Waals surface area contributed by atoms with Crippen LogP contribution in [0.1, 0.15) is 24.0 Å². The van der Waals surface area contributed by atoms with Crippen LogP contribution in [0.15, 0.2) is 23.4 Å². The summed E-state index contributed by atoms with van der Waals surface area (Å²) in [4.78, 5) is 25.9. The van der Waals surface area contributed by atoms with E-state index in [1.807, 2.05) is 25.1 Å². The fourth-order valence-corrected chi connectivity index (χ4v) is 3.83. The summed E-state index contributed by atoms with van der Waals surface area (Å²) >= 11 is 1.32. The highest BCUT2D eigenvalue weighted by Gasteiger charge is 2.28. The lowest BCUT2D eigenvalue weighted by Crippen LogP contribution is -2.41. The summed E-state index contributed by atoms with van der Waals surface area (Å²) in [7, 11) is 1.40. The highest BCUT2D eigenvalue weighted by atomic mass is 32.2. The molecule has 1 amide bonds. The van der Waals surface area contributed by atoms with Crippen LogP contribution in [0.25, 0.3) is 5.69 Å². The molecule has 2 heterocycles. The van der Waals surface area contributed by atoms with E-state index in [-0.39, 0.29) is 23.5 Å². The number of amides is 1. The number of tetrazole rings is 1. The zero-order valence-corrected chi connectivity index (χ0v) is 16.5. The third-order valence-corrected chi connectivity index (χ3v) is 5.79. The predicted octanol–water partition coefficient (Wildman–Crippen LogP) is 1.78. The van der Waals surface area contributed by atoms with Crippen LogP contribution in [0.2, 0.25) is 0 Å². The summed E-state index contributed by atoms with van der Waals surface area (Å²) in [6.45, 7) is 5.23. The number of rotatable bonds is 5. The summed E-state index contributed by atoms with van der Waals surface area (Å²) < 4.78 is 6.43. The van der Waals surface area contributed by atoms with Gasteiger partial charge in [0.2, 0.25) is 11.1 Å². The van der Waals surface area contributed by atoms with Crippen LogP contribution in [0.3, 0.4) is 0 Å². The molecule has 0 atom stereocenters. The van der Waals surface area contributed by atoms with E-state index in [1.54, 1.807) is 9.58 Å². The molecule has 0 saturated carbocycles. The second-order valence-electron chi connectivity index (χ2n) is 6.61. The van der Waals surface area contributed by atoms with Gasteiger partial charge in [-0.1, -0.05) is 17.8 Å². The van der Waals surface area contributed by atoms with E-state index >= 15 is 0 Å². The number of esters is 1. The van der Waals surface area contributed by atoms with Gasteiger partial charge < -0.3 is 9.64 Å². The second-order valence-corrected chi connectivity index (χ2v) is 7.55. The molecule has 0 radical (unpaired) electrons. The van der Waals surface area contributed by atoms with Crippen LogP contribution in [0, 0.1) is 19.8 Å². The minimum absolute atomic E-state index is 0.0259. The van der Waals surface area contributed by atoms with Crippen LogP contribution in [0.4, 0.5) is 0 Å². The molecule has 0 N–H and O–H groups in total. The zero-order chi connectivity index (χ0) is 19.4. The molecule has 9 heteroatoms. The van der Waals surface area contributed by atoms with Gasteiger partial charge >= 0.3 is 5.97 Å². The van der Waals surface area contributed by atoms with Gasteiger partial charge in [0.05, 0.1) is 24.5 Å².